The number of likely N-dealkylation sites (tertiary alicyclic amines) is 1. The SMILES string of the molecule is COc1cccc(F)c1CN1C[C@@H](c2cn(-c3ccc4[nH]nc(-c5ccncc5)c4c3)nn2)CC[C@@H]1C(=O)[C@H]1NCC1(F)F. The van der Waals surface area contributed by atoms with Crippen molar-refractivity contribution in [3.63, 3.8) is 0 Å². The molecule has 0 saturated carbocycles. The lowest BCUT2D eigenvalue weighted by molar-refractivity contribution is -0.151. The number of ketones is 1. The summed E-state index contributed by atoms with van der Waals surface area (Å²) < 4.78 is 50.5. The number of carbonyl (C=O) groups excluding carboxylic acids is 1. The minimum Gasteiger partial charge on any atom is -0.496 e. The van der Waals surface area contributed by atoms with Crippen molar-refractivity contribution in [3.05, 3.63) is 84.2 Å². The maximum atomic E-state index is 15.0. The van der Waals surface area contributed by atoms with Gasteiger partial charge in [0, 0.05) is 47.9 Å². The Balaban J connectivity index is 1.17. The number of piperidine rings is 1. The monoisotopic (exact) mass is 602 g/mol. The molecule has 226 valence electrons. The van der Waals surface area contributed by atoms with E-state index in [-0.39, 0.29) is 18.0 Å². The number of rotatable bonds is 8. The molecule has 0 radical (unpaired) electrons. The molecule has 0 spiro atoms. The zero-order valence-corrected chi connectivity index (χ0v) is 23.8. The average Bonchev–Trinajstić information content (AvgIpc) is 3.70. The summed E-state index contributed by atoms with van der Waals surface area (Å²) in [5, 5.41) is 19.9. The quantitative estimate of drug-likeness (QED) is 0.271. The highest BCUT2D eigenvalue weighted by Crippen LogP contribution is 2.36. The zero-order chi connectivity index (χ0) is 30.4. The fourth-order valence-corrected chi connectivity index (χ4v) is 6.19. The van der Waals surface area contributed by atoms with E-state index in [1.165, 1.54) is 19.2 Å². The van der Waals surface area contributed by atoms with Crippen molar-refractivity contribution >= 4 is 16.7 Å². The predicted molar refractivity (Wildman–Crippen MR) is 155 cm³/mol. The summed E-state index contributed by atoms with van der Waals surface area (Å²) in [6.45, 7) is -0.209. The molecule has 3 aromatic heterocycles. The van der Waals surface area contributed by atoms with Crippen LogP contribution in [0.2, 0.25) is 0 Å². The van der Waals surface area contributed by atoms with Gasteiger partial charge in [-0.3, -0.25) is 25.1 Å². The van der Waals surface area contributed by atoms with E-state index in [9.17, 15) is 18.0 Å². The van der Waals surface area contributed by atoms with E-state index in [2.05, 4.69) is 30.8 Å². The number of H-pyrrole nitrogens is 1. The van der Waals surface area contributed by atoms with Crippen molar-refractivity contribution < 1.29 is 22.7 Å². The van der Waals surface area contributed by atoms with Crippen molar-refractivity contribution in [2.75, 3.05) is 20.2 Å². The van der Waals surface area contributed by atoms with Gasteiger partial charge >= 0.3 is 0 Å². The van der Waals surface area contributed by atoms with Gasteiger partial charge in [-0.15, -0.1) is 5.10 Å². The topological polar surface area (TPSA) is 114 Å². The number of fused-ring (bicyclic) bond motifs is 1. The first-order valence-corrected chi connectivity index (χ1v) is 14.3. The van der Waals surface area contributed by atoms with Crippen LogP contribution >= 0.6 is 0 Å². The van der Waals surface area contributed by atoms with Gasteiger partial charge in [0.1, 0.15) is 23.3 Å². The number of ether oxygens (including phenoxy) is 1. The van der Waals surface area contributed by atoms with Crippen LogP contribution in [0.25, 0.3) is 27.8 Å². The number of halogens is 3. The summed E-state index contributed by atoms with van der Waals surface area (Å²) >= 11 is 0. The summed E-state index contributed by atoms with van der Waals surface area (Å²) in [4.78, 5) is 19.2. The van der Waals surface area contributed by atoms with Crippen molar-refractivity contribution in [2.45, 2.75) is 43.3 Å². The third kappa shape index (κ3) is 5.01. The Hall–Kier alpha value is -4.62. The molecule has 2 aromatic carbocycles. The van der Waals surface area contributed by atoms with Crippen molar-refractivity contribution in [2.24, 2.45) is 0 Å². The molecular weight excluding hydrogens is 573 g/mol. The molecule has 0 unspecified atom stereocenters. The molecule has 0 amide bonds. The third-order valence-corrected chi connectivity index (χ3v) is 8.61. The van der Waals surface area contributed by atoms with Crippen LogP contribution in [0, 0.1) is 5.82 Å². The van der Waals surface area contributed by atoms with Gasteiger partial charge in [-0.25, -0.2) is 17.9 Å². The third-order valence-electron chi connectivity index (χ3n) is 8.61. The Morgan fingerprint density at radius 3 is 2.73 bits per heavy atom. The lowest BCUT2D eigenvalue weighted by Crippen LogP contribution is -2.69. The Morgan fingerprint density at radius 1 is 1.14 bits per heavy atom. The standard InChI is InChI=1S/C31H29F3N8O2/c1-44-27-4-2-3-23(32)22(27)15-41-14-19(5-8-26(41)29(43)30-31(33,34)17-36-30)25-16-42(40-38-25)20-6-7-24-21(13-20)28(39-37-24)18-9-11-35-12-10-18/h2-4,6-7,9-13,16,19,26,30,36H,5,8,14-15,17H2,1H3,(H,37,39)/t19-,26+,30+/m0/s1. The Kier molecular flexibility index (Phi) is 7.13. The molecule has 3 atom stereocenters. The number of benzene rings is 2. The van der Waals surface area contributed by atoms with Gasteiger partial charge < -0.3 is 4.74 Å². The van der Waals surface area contributed by atoms with E-state index in [4.69, 9.17) is 4.74 Å². The molecule has 0 aliphatic carbocycles. The first-order chi connectivity index (χ1) is 21.3. The molecule has 44 heavy (non-hydrogen) atoms. The number of Topliss-reactive ketones (excluding diaryl/α,β-unsaturated/α-hetero) is 1. The molecule has 10 nitrogen and oxygen atoms in total. The second kappa shape index (κ2) is 11.1. The number of aromatic amines is 1. The highest BCUT2D eigenvalue weighted by Gasteiger charge is 2.55. The van der Waals surface area contributed by atoms with E-state index in [0.29, 0.717) is 30.8 Å². The first-order valence-electron chi connectivity index (χ1n) is 14.3. The number of nitrogens with zero attached hydrogens (tertiary/aromatic N) is 6. The van der Waals surface area contributed by atoms with Gasteiger partial charge in [-0.2, -0.15) is 5.10 Å². The minimum atomic E-state index is -3.11. The van der Waals surface area contributed by atoms with E-state index < -0.39 is 36.2 Å². The average molecular weight is 603 g/mol. The number of hydrogen-bond donors (Lipinski definition) is 2. The normalized spacial score (nSPS) is 21.7. The number of pyridine rings is 1. The van der Waals surface area contributed by atoms with Gasteiger partial charge in [-0.05, 0) is 55.3 Å². The van der Waals surface area contributed by atoms with Crippen LogP contribution in [0.5, 0.6) is 5.75 Å². The maximum Gasteiger partial charge on any atom is 0.282 e. The van der Waals surface area contributed by atoms with Gasteiger partial charge in [0.2, 0.25) is 0 Å². The van der Waals surface area contributed by atoms with Crippen LogP contribution in [0.3, 0.4) is 0 Å². The maximum absolute atomic E-state index is 15.0. The summed E-state index contributed by atoms with van der Waals surface area (Å²) in [5.41, 5.74) is 4.32. The molecule has 13 heteroatoms. The van der Waals surface area contributed by atoms with E-state index >= 15 is 0 Å². The highest BCUT2D eigenvalue weighted by atomic mass is 19.3. The van der Waals surface area contributed by atoms with E-state index in [1.54, 1.807) is 28.0 Å². The molecule has 2 fully saturated rings. The van der Waals surface area contributed by atoms with Gasteiger partial charge in [0.25, 0.3) is 5.92 Å². The van der Waals surface area contributed by atoms with Crippen LogP contribution < -0.4 is 10.1 Å². The predicted octanol–water partition coefficient (Wildman–Crippen LogP) is 4.28. The number of hydrogen-bond acceptors (Lipinski definition) is 8. The lowest BCUT2D eigenvalue weighted by atomic mass is 9.84. The first kappa shape index (κ1) is 28.2. The molecule has 0 bridgehead atoms. The van der Waals surface area contributed by atoms with Crippen LogP contribution in [0.1, 0.15) is 30.0 Å². The molecule has 2 aliphatic rings. The summed E-state index contributed by atoms with van der Waals surface area (Å²) in [6.07, 6.45) is 6.11. The van der Waals surface area contributed by atoms with Crippen molar-refractivity contribution in [1.29, 1.82) is 0 Å². The molecular formula is C31H29F3N8O2. The molecule has 7 rings (SSSR count). The fourth-order valence-electron chi connectivity index (χ4n) is 6.19. The van der Waals surface area contributed by atoms with Crippen LogP contribution in [-0.2, 0) is 11.3 Å². The van der Waals surface area contributed by atoms with Crippen LogP contribution in [0.15, 0.2) is 67.1 Å². The number of carbonyl (C=O) groups is 1. The lowest BCUT2D eigenvalue weighted by Gasteiger charge is -2.43. The fraction of sp³-hybridized carbons (Fsp3) is 0.323. The largest absolute Gasteiger partial charge is 0.496 e. The smallest absolute Gasteiger partial charge is 0.282 e. The number of aromatic nitrogens is 6. The van der Waals surface area contributed by atoms with Crippen molar-refractivity contribution in [1.82, 2.24) is 40.4 Å². The number of nitrogens with one attached hydrogen (secondary N) is 2. The van der Waals surface area contributed by atoms with Crippen LogP contribution in [-0.4, -0.2) is 79.1 Å². The Morgan fingerprint density at radius 2 is 1.98 bits per heavy atom. The highest BCUT2D eigenvalue weighted by molar-refractivity contribution is 5.94. The second-order valence-electron chi connectivity index (χ2n) is 11.2. The Bertz CT molecular complexity index is 1830. The number of alkyl halides is 2. The summed E-state index contributed by atoms with van der Waals surface area (Å²) in [6, 6.07) is 11.7. The van der Waals surface area contributed by atoms with E-state index in [0.717, 1.165) is 27.8 Å². The molecule has 5 heterocycles. The summed E-state index contributed by atoms with van der Waals surface area (Å²) in [5.74, 6) is -4.01. The van der Waals surface area contributed by atoms with Gasteiger partial charge in [0.15, 0.2) is 5.78 Å². The molecule has 5 aromatic rings. The Labute approximate surface area is 250 Å². The van der Waals surface area contributed by atoms with Crippen molar-refractivity contribution in [3.8, 4) is 22.7 Å². The minimum absolute atomic E-state index is 0.0180. The van der Waals surface area contributed by atoms with Crippen LogP contribution in [0.4, 0.5) is 13.2 Å². The van der Waals surface area contributed by atoms with E-state index in [1.807, 2.05) is 36.5 Å². The van der Waals surface area contributed by atoms with Gasteiger partial charge in [-0.1, -0.05) is 11.3 Å². The molecule has 2 saturated heterocycles. The number of methoxy groups -OCH3 is 1. The zero-order valence-electron chi connectivity index (χ0n) is 23.8. The molecule has 2 aliphatic heterocycles. The second-order valence-corrected chi connectivity index (χ2v) is 11.2. The van der Waals surface area contributed by atoms with Gasteiger partial charge in [0.05, 0.1) is 42.8 Å². The summed E-state index contributed by atoms with van der Waals surface area (Å²) in [7, 11) is 1.44. The molecule has 2 N–H and O–H groups in total.